The maximum atomic E-state index is 11.4. The zero-order valence-corrected chi connectivity index (χ0v) is 9.90. The average molecular weight is 219 g/mol. The Bertz CT molecular complexity index is 204. The van der Waals surface area contributed by atoms with Crippen LogP contribution in [0.25, 0.3) is 0 Å². The molecule has 4 heteroatoms. The van der Waals surface area contributed by atoms with Crippen molar-refractivity contribution in [2.75, 3.05) is 20.1 Å². The highest BCUT2D eigenvalue weighted by Crippen LogP contribution is 2.01. The molecule has 0 unspecified atom stereocenters. The second-order valence-corrected chi connectivity index (χ2v) is 4.31. The maximum Gasteiger partial charge on any atom is 0.317 e. The van der Waals surface area contributed by atoms with E-state index in [1.54, 1.807) is 11.9 Å². The van der Waals surface area contributed by atoms with Crippen LogP contribution >= 0.6 is 11.6 Å². The number of rotatable bonds is 5. The minimum atomic E-state index is -0.104. The number of halogens is 1. The largest absolute Gasteiger partial charge is 0.333 e. The number of hydrogen-bond acceptors (Lipinski definition) is 1. The molecule has 0 heterocycles. The molecule has 0 aliphatic carbocycles. The molecule has 2 amide bonds. The van der Waals surface area contributed by atoms with Crippen LogP contribution in [0.5, 0.6) is 0 Å². The molecule has 0 bridgehead atoms. The van der Waals surface area contributed by atoms with E-state index in [-0.39, 0.29) is 6.03 Å². The van der Waals surface area contributed by atoms with Crippen LogP contribution in [0.2, 0.25) is 0 Å². The van der Waals surface area contributed by atoms with E-state index in [2.05, 4.69) is 25.7 Å². The zero-order chi connectivity index (χ0) is 11.1. The van der Waals surface area contributed by atoms with Crippen LogP contribution in [0.1, 0.15) is 20.3 Å². The molecular weight excluding hydrogens is 200 g/mol. The van der Waals surface area contributed by atoms with Crippen molar-refractivity contribution in [1.82, 2.24) is 10.2 Å². The summed E-state index contributed by atoms with van der Waals surface area (Å²) in [5, 5.41) is 3.10. The minimum absolute atomic E-state index is 0.104. The van der Waals surface area contributed by atoms with Crippen LogP contribution < -0.4 is 5.32 Å². The molecule has 0 atom stereocenters. The Balaban J connectivity index is 3.70. The molecule has 0 saturated carbocycles. The van der Waals surface area contributed by atoms with Gasteiger partial charge in [0.05, 0.1) is 6.54 Å². The van der Waals surface area contributed by atoms with Crippen molar-refractivity contribution in [2.45, 2.75) is 20.3 Å². The van der Waals surface area contributed by atoms with Crippen LogP contribution in [0, 0.1) is 5.92 Å². The molecule has 0 aromatic carbocycles. The highest BCUT2D eigenvalue weighted by atomic mass is 35.5. The van der Waals surface area contributed by atoms with E-state index in [4.69, 9.17) is 11.6 Å². The number of carbonyl (C=O) groups is 1. The molecule has 1 N–H and O–H groups in total. The van der Waals surface area contributed by atoms with Crippen molar-refractivity contribution in [3.05, 3.63) is 11.6 Å². The van der Waals surface area contributed by atoms with E-state index in [9.17, 15) is 4.79 Å². The summed E-state index contributed by atoms with van der Waals surface area (Å²) >= 11 is 5.53. The number of carbonyl (C=O) groups excluding carboxylic acids is 1. The minimum Gasteiger partial charge on any atom is -0.333 e. The molecule has 0 saturated heterocycles. The fourth-order valence-corrected chi connectivity index (χ4v) is 0.927. The number of hydrogen-bond donors (Lipinski definition) is 1. The Labute approximate surface area is 91.1 Å². The van der Waals surface area contributed by atoms with Gasteiger partial charge in [0.15, 0.2) is 0 Å². The van der Waals surface area contributed by atoms with E-state index >= 15 is 0 Å². The lowest BCUT2D eigenvalue weighted by atomic mass is 10.1. The first-order valence-corrected chi connectivity index (χ1v) is 5.13. The summed E-state index contributed by atoms with van der Waals surface area (Å²) in [7, 11) is 1.77. The zero-order valence-electron chi connectivity index (χ0n) is 9.14. The van der Waals surface area contributed by atoms with Gasteiger partial charge in [0.2, 0.25) is 0 Å². The third kappa shape index (κ3) is 6.78. The smallest absolute Gasteiger partial charge is 0.317 e. The second-order valence-electron chi connectivity index (χ2n) is 3.78. The predicted molar refractivity (Wildman–Crippen MR) is 60.5 cm³/mol. The summed E-state index contributed by atoms with van der Waals surface area (Å²) in [6, 6.07) is -0.104. The molecule has 3 nitrogen and oxygen atoms in total. The van der Waals surface area contributed by atoms with Crippen molar-refractivity contribution in [2.24, 2.45) is 5.92 Å². The quantitative estimate of drug-likeness (QED) is 0.756. The van der Waals surface area contributed by atoms with Crippen LogP contribution in [0.4, 0.5) is 4.79 Å². The van der Waals surface area contributed by atoms with Crippen molar-refractivity contribution < 1.29 is 4.79 Å². The molecule has 0 aliphatic rings. The molecule has 82 valence electrons. The Hall–Kier alpha value is -0.700. The summed E-state index contributed by atoms with van der Waals surface area (Å²) in [5.74, 6) is 0.605. The maximum absolute atomic E-state index is 11.4. The number of urea groups is 1. The Morgan fingerprint density at radius 2 is 2.14 bits per heavy atom. The first-order valence-electron chi connectivity index (χ1n) is 4.75. The number of nitrogens with one attached hydrogen (secondary N) is 1. The highest BCUT2D eigenvalue weighted by molar-refractivity contribution is 6.29. The van der Waals surface area contributed by atoms with E-state index in [0.717, 1.165) is 13.0 Å². The van der Waals surface area contributed by atoms with Crippen LogP contribution in [0.3, 0.4) is 0 Å². The van der Waals surface area contributed by atoms with Gasteiger partial charge in [-0.2, -0.15) is 0 Å². The third-order valence-corrected chi connectivity index (χ3v) is 1.95. The lowest BCUT2D eigenvalue weighted by Crippen LogP contribution is -2.38. The van der Waals surface area contributed by atoms with Gasteiger partial charge < -0.3 is 10.2 Å². The third-order valence-electron chi connectivity index (χ3n) is 1.82. The van der Waals surface area contributed by atoms with Gasteiger partial charge >= 0.3 is 6.03 Å². The van der Waals surface area contributed by atoms with Crippen molar-refractivity contribution >= 4 is 17.6 Å². The van der Waals surface area contributed by atoms with Crippen LogP contribution in [0.15, 0.2) is 11.6 Å². The SMILES string of the molecule is C=C(Cl)CNC(=O)N(C)CCC(C)C. The van der Waals surface area contributed by atoms with Gasteiger partial charge in [-0.1, -0.05) is 32.0 Å². The van der Waals surface area contributed by atoms with Gasteiger partial charge in [0, 0.05) is 18.6 Å². The summed E-state index contributed by atoms with van der Waals surface area (Å²) in [6.07, 6.45) is 1.01. The fraction of sp³-hybridized carbons (Fsp3) is 0.700. The van der Waals surface area contributed by atoms with Crippen molar-refractivity contribution in [1.29, 1.82) is 0 Å². The summed E-state index contributed by atoms with van der Waals surface area (Å²) in [5.41, 5.74) is 0. The van der Waals surface area contributed by atoms with E-state index in [0.29, 0.717) is 17.5 Å². The highest BCUT2D eigenvalue weighted by Gasteiger charge is 2.07. The summed E-state index contributed by atoms with van der Waals surface area (Å²) in [6.45, 7) is 8.84. The van der Waals surface area contributed by atoms with Gasteiger partial charge in [-0.25, -0.2) is 4.79 Å². The molecule has 0 radical (unpaired) electrons. The molecule has 0 spiro atoms. The van der Waals surface area contributed by atoms with Gasteiger partial charge in [0.1, 0.15) is 0 Å². The first kappa shape index (κ1) is 13.3. The standard InChI is InChI=1S/C10H19ClN2O/c1-8(2)5-6-13(4)10(14)12-7-9(3)11/h8H,3,5-7H2,1-2,4H3,(H,12,14). The second kappa shape index (κ2) is 6.71. The molecule has 0 aromatic rings. The van der Waals surface area contributed by atoms with Crippen LogP contribution in [-0.4, -0.2) is 31.1 Å². The average Bonchev–Trinajstić information content (AvgIpc) is 2.09. The van der Waals surface area contributed by atoms with Crippen LogP contribution in [-0.2, 0) is 0 Å². The topological polar surface area (TPSA) is 32.3 Å². The molecule has 0 fully saturated rings. The van der Waals surface area contributed by atoms with E-state index < -0.39 is 0 Å². The summed E-state index contributed by atoms with van der Waals surface area (Å²) in [4.78, 5) is 13.0. The fourth-order valence-electron chi connectivity index (χ4n) is 0.860. The normalized spacial score (nSPS) is 10.1. The molecule has 0 aliphatic heterocycles. The predicted octanol–water partition coefficient (Wildman–Crippen LogP) is 2.43. The Morgan fingerprint density at radius 3 is 2.57 bits per heavy atom. The van der Waals surface area contributed by atoms with Gasteiger partial charge in [0.25, 0.3) is 0 Å². The number of nitrogens with zero attached hydrogens (tertiary/aromatic N) is 1. The lowest BCUT2D eigenvalue weighted by Gasteiger charge is -2.18. The van der Waals surface area contributed by atoms with Gasteiger partial charge in [-0.3, -0.25) is 0 Å². The first-order chi connectivity index (χ1) is 6.43. The van der Waals surface area contributed by atoms with E-state index in [1.165, 1.54) is 0 Å². The summed E-state index contributed by atoms with van der Waals surface area (Å²) < 4.78 is 0. The monoisotopic (exact) mass is 218 g/mol. The Morgan fingerprint density at radius 1 is 1.57 bits per heavy atom. The van der Waals surface area contributed by atoms with Crippen molar-refractivity contribution in [3.8, 4) is 0 Å². The molecular formula is C10H19ClN2O. The molecule has 0 rings (SSSR count). The molecule has 14 heavy (non-hydrogen) atoms. The van der Waals surface area contributed by atoms with Crippen molar-refractivity contribution in [3.63, 3.8) is 0 Å². The van der Waals surface area contributed by atoms with Gasteiger partial charge in [-0.05, 0) is 12.3 Å². The van der Waals surface area contributed by atoms with E-state index in [1.807, 2.05) is 0 Å². The molecule has 0 aromatic heterocycles. The number of amides is 2. The lowest BCUT2D eigenvalue weighted by molar-refractivity contribution is 0.207. The Kier molecular flexibility index (Phi) is 6.37. The van der Waals surface area contributed by atoms with Gasteiger partial charge in [-0.15, -0.1) is 0 Å².